The molecule has 13 N–H and O–H groups in total. The lowest BCUT2D eigenvalue weighted by Gasteiger charge is -2.30. The number of carbonyl (C=O) groups is 8. The number of rotatable bonds is 22. The fraction of sp³-hybridized carbons (Fsp3) is 0.550. The van der Waals surface area contributed by atoms with Crippen LogP contribution in [0.3, 0.4) is 0 Å². The van der Waals surface area contributed by atoms with Gasteiger partial charge in [0.1, 0.15) is 30.2 Å². The Kier molecular flexibility index (Phi) is 17.8. The Bertz CT molecular complexity index is 2000. The largest absolute Gasteiger partial charge is 0.494 e. The molecule has 4 rings (SSSR count). The molecule has 1 aromatic heterocycles. The zero-order valence-corrected chi connectivity index (χ0v) is 35.5. The van der Waals surface area contributed by atoms with Gasteiger partial charge in [0, 0.05) is 32.3 Å². The average Bonchev–Trinajstić information content (AvgIpc) is 4.05. The molecule has 7 unspecified atom stereocenters. The summed E-state index contributed by atoms with van der Waals surface area (Å²) in [7, 11) is 1.28. The number of nitrogens with two attached hydrogens (primary N) is 2. The van der Waals surface area contributed by atoms with Crippen LogP contribution in [-0.2, 0) is 40.0 Å². The van der Waals surface area contributed by atoms with E-state index in [1.165, 1.54) is 41.4 Å². The van der Waals surface area contributed by atoms with E-state index in [-0.39, 0.29) is 74.7 Å². The first-order valence-electron chi connectivity index (χ1n) is 20.7. The fourth-order valence-electron chi connectivity index (χ4n) is 7.58. The summed E-state index contributed by atoms with van der Waals surface area (Å²) in [5.74, 6) is -7.43. The maximum atomic E-state index is 14.0. The Labute approximate surface area is 363 Å². The number of anilines is 1. The van der Waals surface area contributed by atoms with E-state index in [2.05, 4.69) is 36.6 Å². The number of guanidine groups is 1. The maximum Gasteiger partial charge on any atom is 0.326 e. The molecule has 23 nitrogen and oxygen atoms in total. The van der Waals surface area contributed by atoms with Crippen molar-refractivity contribution in [3.8, 4) is 5.75 Å². The highest BCUT2D eigenvalue weighted by atomic mass is 16.5. The van der Waals surface area contributed by atoms with Crippen molar-refractivity contribution in [2.24, 2.45) is 17.4 Å². The van der Waals surface area contributed by atoms with E-state index in [1.54, 1.807) is 13.1 Å². The van der Waals surface area contributed by atoms with Crippen molar-refractivity contribution >= 4 is 59.0 Å². The predicted molar refractivity (Wildman–Crippen MR) is 225 cm³/mol. The number of hydrogen-bond acceptors (Lipinski definition) is 12. The van der Waals surface area contributed by atoms with Gasteiger partial charge in [-0.1, -0.05) is 26.3 Å². The van der Waals surface area contributed by atoms with Crippen LogP contribution < -0.4 is 42.8 Å². The number of nitrogens with one attached hydrogen (secondary N) is 7. The van der Waals surface area contributed by atoms with E-state index < -0.39 is 96.0 Å². The smallest absolute Gasteiger partial charge is 0.326 e. The van der Waals surface area contributed by atoms with Gasteiger partial charge in [0.05, 0.1) is 42.8 Å². The second-order valence-corrected chi connectivity index (χ2v) is 15.5. The third-order valence-corrected chi connectivity index (χ3v) is 11.1. The molecular weight excluding hydrogens is 825 g/mol. The third kappa shape index (κ3) is 13.1. The number of nitrogens with zero attached hydrogens (tertiary/aromatic N) is 3. The lowest BCUT2D eigenvalue weighted by molar-refractivity contribution is -0.149. The third-order valence-electron chi connectivity index (χ3n) is 11.1. The Hall–Kier alpha value is -6.78. The van der Waals surface area contributed by atoms with Crippen LogP contribution in [0.1, 0.15) is 81.3 Å². The van der Waals surface area contributed by atoms with Crippen molar-refractivity contribution in [2.75, 3.05) is 32.1 Å². The van der Waals surface area contributed by atoms with Gasteiger partial charge in [-0.25, -0.2) is 9.78 Å². The molecule has 1 aromatic carbocycles. The van der Waals surface area contributed by atoms with E-state index in [9.17, 15) is 43.5 Å². The predicted octanol–water partition coefficient (Wildman–Crippen LogP) is -1.15. The zero-order valence-electron chi connectivity index (χ0n) is 35.5. The molecule has 2 aliphatic rings. The molecule has 2 saturated heterocycles. The minimum atomic E-state index is -1.44. The number of carboxylic acids is 2. The molecule has 0 radical (unpaired) electrons. The van der Waals surface area contributed by atoms with Crippen molar-refractivity contribution in [3.05, 3.63) is 42.0 Å². The summed E-state index contributed by atoms with van der Waals surface area (Å²) in [6.07, 6.45) is 4.39. The van der Waals surface area contributed by atoms with E-state index in [1.807, 2.05) is 6.92 Å². The van der Waals surface area contributed by atoms with Crippen molar-refractivity contribution < 1.29 is 53.3 Å². The monoisotopic (exact) mass is 882 g/mol. The molecule has 2 aromatic rings. The highest BCUT2D eigenvalue weighted by Crippen LogP contribution is 2.31. The number of likely N-dealkylation sites (tertiary alicyclic amines) is 2. The number of amides is 6. The Morgan fingerprint density at radius 3 is 2.22 bits per heavy atom. The van der Waals surface area contributed by atoms with Gasteiger partial charge in [-0.05, 0) is 56.6 Å². The molecule has 3 heterocycles. The summed E-state index contributed by atoms with van der Waals surface area (Å²) < 4.78 is 5.61. The maximum absolute atomic E-state index is 14.0. The number of para-hydroxylation sites is 1. The van der Waals surface area contributed by atoms with Crippen LogP contribution in [0.4, 0.5) is 5.69 Å². The summed E-state index contributed by atoms with van der Waals surface area (Å²) in [5, 5.41) is 39.6. The topological polar surface area (TPSA) is 357 Å². The number of imidazole rings is 1. The molecule has 0 aliphatic carbocycles. The minimum absolute atomic E-state index is 0.0425. The number of aromatic nitrogens is 2. The Balaban J connectivity index is 1.52. The minimum Gasteiger partial charge on any atom is -0.494 e. The van der Waals surface area contributed by atoms with Gasteiger partial charge in [-0.2, -0.15) is 0 Å². The van der Waals surface area contributed by atoms with E-state index in [0.717, 1.165) is 0 Å². The molecule has 6 amide bonds. The number of ether oxygens (including phenoxy) is 1. The van der Waals surface area contributed by atoms with Gasteiger partial charge in [0.2, 0.25) is 29.5 Å². The van der Waals surface area contributed by atoms with Crippen LogP contribution in [0, 0.1) is 11.3 Å². The number of carboxylic acid groups (broad SMARTS) is 2. The van der Waals surface area contributed by atoms with Gasteiger partial charge in [0.15, 0.2) is 11.7 Å². The molecule has 63 heavy (non-hydrogen) atoms. The first-order valence-corrected chi connectivity index (χ1v) is 20.7. The number of carbonyl (C=O) groups excluding carboxylic acids is 6. The highest BCUT2D eigenvalue weighted by Gasteiger charge is 2.41. The van der Waals surface area contributed by atoms with Crippen LogP contribution in [0.5, 0.6) is 5.75 Å². The van der Waals surface area contributed by atoms with Crippen molar-refractivity contribution in [2.45, 2.75) is 108 Å². The number of aromatic amines is 1. The quantitative estimate of drug-likeness (QED) is 0.0378. The molecule has 0 saturated carbocycles. The van der Waals surface area contributed by atoms with E-state index in [0.29, 0.717) is 25.0 Å². The molecule has 344 valence electrons. The van der Waals surface area contributed by atoms with Crippen molar-refractivity contribution in [3.63, 3.8) is 0 Å². The SMILES string of the molecule is CCC(C)C(NC(=O)c1cccc(NC(=O)C2CCCN2C(=O)C(CCCNC(=N)N)NC(=O)C(N)CC(=O)O)c1OC)C(=O)NC(Cc1c[nH]cn1)C(=O)N1CCCC1C(=O)O. The van der Waals surface area contributed by atoms with Crippen molar-refractivity contribution in [1.82, 2.24) is 41.0 Å². The number of hydrogen-bond donors (Lipinski definition) is 11. The Morgan fingerprint density at radius 1 is 0.968 bits per heavy atom. The average molecular weight is 883 g/mol. The van der Waals surface area contributed by atoms with Gasteiger partial charge in [-0.3, -0.25) is 39.0 Å². The van der Waals surface area contributed by atoms with Gasteiger partial charge in [0.25, 0.3) is 5.91 Å². The Morgan fingerprint density at radius 2 is 1.62 bits per heavy atom. The molecule has 7 atom stereocenters. The molecular formula is C40H58N12O11. The van der Waals surface area contributed by atoms with Gasteiger partial charge in [-0.15, -0.1) is 0 Å². The molecule has 0 bridgehead atoms. The summed E-state index contributed by atoms with van der Waals surface area (Å²) in [5.41, 5.74) is 11.6. The summed E-state index contributed by atoms with van der Waals surface area (Å²) >= 11 is 0. The zero-order chi connectivity index (χ0) is 46.4. The van der Waals surface area contributed by atoms with Crippen LogP contribution in [0.15, 0.2) is 30.7 Å². The number of aliphatic carboxylic acids is 2. The van der Waals surface area contributed by atoms with Crippen LogP contribution in [-0.4, -0.2) is 146 Å². The summed E-state index contributed by atoms with van der Waals surface area (Å²) in [6, 6.07) is -2.71. The van der Waals surface area contributed by atoms with E-state index in [4.69, 9.17) is 26.7 Å². The molecule has 23 heteroatoms. The van der Waals surface area contributed by atoms with Crippen LogP contribution >= 0.6 is 0 Å². The first kappa shape index (κ1) is 48.9. The summed E-state index contributed by atoms with van der Waals surface area (Å²) in [6.45, 7) is 4.09. The second kappa shape index (κ2) is 22.9. The lowest BCUT2D eigenvalue weighted by Crippen LogP contribution is -2.57. The molecule has 2 fully saturated rings. The number of benzene rings is 1. The fourth-order valence-corrected chi connectivity index (χ4v) is 7.58. The van der Waals surface area contributed by atoms with E-state index >= 15 is 0 Å². The number of methoxy groups -OCH3 is 1. The first-order chi connectivity index (χ1) is 30.0. The number of H-pyrrole nitrogens is 1. The molecule has 2 aliphatic heterocycles. The standard InChI is InChI=1S/C40H58N12O11/c1-4-21(2)31(36(58)49-27(17-22-19-44-20-46-22)38(60)52-16-8-13-29(52)39(61)62)50-33(55)23-9-5-10-25(32(23)63-3)47-35(57)28-12-7-15-51(28)37(59)26(11-6-14-45-40(42)43)48-34(56)24(41)18-30(53)54/h5,9-10,19-21,24,26-29,31H,4,6-8,11-18,41H2,1-3H3,(H,44,46)(H,47,57)(H,48,56)(H,49,58)(H,50,55)(H,53,54)(H,61,62)(H4,42,43,45). The van der Waals surface area contributed by atoms with Gasteiger partial charge >= 0.3 is 11.9 Å². The van der Waals surface area contributed by atoms with Crippen molar-refractivity contribution in [1.29, 1.82) is 5.41 Å². The lowest BCUT2D eigenvalue weighted by atomic mass is 9.97. The van der Waals surface area contributed by atoms with Crippen LogP contribution in [0.2, 0.25) is 0 Å². The van der Waals surface area contributed by atoms with Gasteiger partial charge < -0.3 is 67.8 Å². The highest BCUT2D eigenvalue weighted by molar-refractivity contribution is 6.05. The molecule has 0 spiro atoms. The summed E-state index contributed by atoms with van der Waals surface area (Å²) in [4.78, 5) is 115. The second-order valence-electron chi connectivity index (χ2n) is 15.5. The normalized spacial score (nSPS) is 18.2. The van der Waals surface area contributed by atoms with Crippen LogP contribution in [0.25, 0.3) is 0 Å².